The Balaban J connectivity index is 1.44. The van der Waals surface area contributed by atoms with Crippen molar-refractivity contribution in [2.45, 2.75) is 19.4 Å². The second-order valence-corrected chi connectivity index (χ2v) is 5.98. The van der Waals surface area contributed by atoms with Gasteiger partial charge < -0.3 is 19.2 Å². The molecule has 7 heteroatoms. The van der Waals surface area contributed by atoms with Gasteiger partial charge in [0.1, 0.15) is 5.82 Å². The van der Waals surface area contributed by atoms with Gasteiger partial charge in [-0.3, -0.25) is 9.69 Å². The number of piperidine rings is 1. The molecule has 4 rings (SSSR count). The van der Waals surface area contributed by atoms with Crippen LogP contribution in [0, 0.1) is 5.92 Å². The van der Waals surface area contributed by atoms with Gasteiger partial charge >= 0.3 is 5.97 Å². The van der Waals surface area contributed by atoms with E-state index in [0.29, 0.717) is 0 Å². The molecule has 1 fully saturated rings. The third-order valence-electron chi connectivity index (χ3n) is 4.52. The number of nitrogens with one attached hydrogen (secondary N) is 1. The molecule has 0 radical (unpaired) electrons. The second-order valence-electron chi connectivity index (χ2n) is 5.98. The predicted molar refractivity (Wildman–Crippen MR) is 82.2 cm³/mol. The number of hydrogen-bond acceptors (Lipinski definition) is 6. The number of ether oxygens (including phenoxy) is 3. The highest BCUT2D eigenvalue weighted by Gasteiger charge is 2.26. The second kappa shape index (κ2) is 5.73. The molecule has 0 unspecified atom stereocenters. The zero-order chi connectivity index (χ0) is 15.8. The van der Waals surface area contributed by atoms with E-state index in [2.05, 4.69) is 14.9 Å². The van der Waals surface area contributed by atoms with Crippen LogP contribution in [0.4, 0.5) is 0 Å². The zero-order valence-electron chi connectivity index (χ0n) is 13.0. The first-order valence-corrected chi connectivity index (χ1v) is 7.81. The molecule has 0 bridgehead atoms. The number of rotatable bonds is 3. The fourth-order valence-electron chi connectivity index (χ4n) is 3.23. The van der Waals surface area contributed by atoms with Crippen LogP contribution < -0.4 is 9.47 Å². The molecule has 1 aromatic carbocycles. The Morgan fingerprint density at radius 3 is 2.83 bits per heavy atom. The van der Waals surface area contributed by atoms with E-state index in [9.17, 15) is 4.79 Å². The molecule has 2 aromatic rings. The molecule has 1 saturated heterocycles. The standard InChI is InChI=1S/C16H19N3O4/c1-21-16(20)10-2-4-19(5-3-10)8-15-17-11-6-13-14(23-9-22-13)7-12(11)18-15/h6-7,10H,2-5,8-9H2,1H3,(H,17,18). The lowest BCUT2D eigenvalue weighted by atomic mass is 9.97. The van der Waals surface area contributed by atoms with Crippen LogP contribution in [-0.4, -0.2) is 47.8 Å². The first-order valence-electron chi connectivity index (χ1n) is 7.81. The molecule has 7 nitrogen and oxygen atoms in total. The summed E-state index contributed by atoms with van der Waals surface area (Å²) >= 11 is 0. The number of methoxy groups -OCH3 is 1. The molecule has 2 aliphatic heterocycles. The van der Waals surface area contributed by atoms with Crippen molar-refractivity contribution in [1.29, 1.82) is 0 Å². The SMILES string of the molecule is COC(=O)C1CCN(Cc2nc3cc4c(cc3[nH]2)OCO4)CC1. The first kappa shape index (κ1) is 14.3. The molecule has 1 N–H and O–H groups in total. The molecular weight excluding hydrogens is 298 g/mol. The van der Waals surface area contributed by atoms with Crippen molar-refractivity contribution in [2.75, 3.05) is 27.0 Å². The summed E-state index contributed by atoms with van der Waals surface area (Å²) < 4.78 is 15.6. The molecule has 1 aromatic heterocycles. The Morgan fingerprint density at radius 1 is 1.35 bits per heavy atom. The molecule has 122 valence electrons. The minimum Gasteiger partial charge on any atom is -0.469 e. The van der Waals surface area contributed by atoms with Crippen LogP contribution in [0.15, 0.2) is 12.1 Å². The number of nitrogens with zero attached hydrogens (tertiary/aromatic N) is 2. The third-order valence-corrected chi connectivity index (χ3v) is 4.52. The Hall–Kier alpha value is -2.28. The largest absolute Gasteiger partial charge is 0.469 e. The smallest absolute Gasteiger partial charge is 0.308 e. The maximum atomic E-state index is 11.6. The highest BCUT2D eigenvalue weighted by atomic mass is 16.7. The van der Waals surface area contributed by atoms with Crippen molar-refractivity contribution in [3.63, 3.8) is 0 Å². The number of fused-ring (bicyclic) bond motifs is 2. The molecule has 3 heterocycles. The molecule has 0 aliphatic carbocycles. The lowest BCUT2D eigenvalue weighted by Crippen LogP contribution is -2.36. The number of likely N-dealkylation sites (tertiary alicyclic amines) is 1. The maximum Gasteiger partial charge on any atom is 0.308 e. The third kappa shape index (κ3) is 2.72. The summed E-state index contributed by atoms with van der Waals surface area (Å²) in [5.41, 5.74) is 1.84. The van der Waals surface area contributed by atoms with Crippen molar-refractivity contribution in [3.8, 4) is 11.5 Å². The topological polar surface area (TPSA) is 76.7 Å². The Kier molecular flexibility index (Phi) is 3.57. The van der Waals surface area contributed by atoms with Crippen molar-refractivity contribution in [2.24, 2.45) is 5.92 Å². The molecule has 0 spiro atoms. The van der Waals surface area contributed by atoms with Crippen LogP contribution >= 0.6 is 0 Å². The molecule has 0 amide bonds. The Morgan fingerprint density at radius 2 is 2.09 bits per heavy atom. The van der Waals surface area contributed by atoms with Gasteiger partial charge in [-0.15, -0.1) is 0 Å². The summed E-state index contributed by atoms with van der Waals surface area (Å²) in [6.07, 6.45) is 1.67. The quantitative estimate of drug-likeness (QED) is 0.868. The summed E-state index contributed by atoms with van der Waals surface area (Å²) in [6, 6.07) is 3.83. The van der Waals surface area contributed by atoms with Crippen LogP contribution in [0.2, 0.25) is 0 Å². The van der Waals surface area contributed by atoms with E-state index < -0.39 is 0 Å². The van der Waals surface area contributed by atoms with E-state index in [1.165, 1.54) is 7.11 Å². The normalized spacial score (nSPS) is 18.5. The van der Waals surface area contributed by atoms with Crippen LogP contribution in [0.1, 0.15) is 18.7 Å². The summed E-state index contributed by atoms with van der Waals surface area (Å²) in [5, 5.41) is 0. The predicted octanol–water partition coefficient (Wildman–Crippen LogP) is 1.68. The first-order chi connectivity index (χ1) is 11.2. The number of hydrogen-bond donors (Lipinski definition) is 1. The van der Waals surface area contributed by atoms with Gasteiger partial charge in [-0.05, 0) is 25.9 Å². The summed E-state index contributed by atoms with van der Waals surface area (Å²) in [4.78, 5) is 21.8. The molecule has 23 heavy (non-hydrogen) atoms. The lowest BCUT2D eigenvalue weighted by Gasteiger charge is -2.29. The van der Waals surface area contributed by atoms with E-state index in [4.69, 9.17) is 14.2 Å². The van der Waals surface area contributed by atoms with Gasteiger partial charge in [0.25, 0.3) is 0 Å². The van der Waals surface area contributed by atoms with Gasteiger partial charge in [0.15, 0.2) is 11.5 Å². The fourth-order valence-corrected chi connectivity index (χ4v) is 3.23. The fraction of sp³-hybridized carbons (Fsp3) is 0.500. The van der Waals surface area contributed by atoms with Crippen molar-refractivity contribution in [3.05, 3.63) is 18.0 Å². The van der Waals surface area contributed by atoms with Crippen molar-refractivity contribution in [1.82, 2.24) is 14.9 Å². The van der Waals surface area contributed by atoms with Crippen LogP contribution in [-0.2, 0) is 16.1 Å². The van der Waals surface area contributed by atoms with E-state index in [0.717, 1.165) is 60.8 Å². The van der Waals surface area contributed by atoms with Gasteiger partial charge in [0, 0.05) is 12.1 Å². The number of carbonyl (C=O) groups is 1. The Bertz CT molecular complexity index is 693. The Labute approximate surface area is 133 Å². The van der Waals surface area contributed by atoms with Gasteiger partial charge in [-0.2, -0.15) is 0 Å². The number of imidazole rings is 1. The summed E-state index contributed by atoms with van der Waals surface area (Å²) in [6.45, 7) is 2.76. The van der Waals surface area contributed by atoms with E-state index in [1.54, 1.807) is 0 Å². The minimum absolute atomic E-state index is 0.0317. The molecule has 0 saturated carbocycles. The number of H-pyrrole nitrogens is 1. The number of carbonyl (C=O) groups excluding carboxylic acids is 1. The molecule has 0 atom stereocenters. The molecule has 2 aliphatic rings. The maximum absolute atomic E-state index is 11.6. The van der Waals surface area contributed by atoms with E-state index >= 15 is 0 Å². The lowest BCUT2D eigenvalue weighted by molar-refractivity contribution is -0.147. The monoisotopic (exact) mass is 317 g/mol. The zero-order valence-corrected chi connectivity index (χ0v) is 13.0. The highest BCUT2D eigenvalue weighted by molar-refractivity contribution is 5.80. The van der Waals surface area contributed by atoms with Crippen molar-refractivity contribution < 1.29 is 19.0 Å². The summed E-state index contributed by atoms with van der Waals surface area (Å²) in [7, 11) is 1.45. The molecular formula is C16H19N3O4. The highest BCUT2D eigenvalue weighted by Crippen LogP contribution is 2.35. The van der Waals surface area contributed by atoms with Gasteiger partial charge in [-0.25, -0.2) is 4.98 Å². The average Bonchev–Trinajstić information content (AvgIpc) is 3.17. The van der Waals surface area contributed by atoms with Crippen molar-refractivity contribution >= 4 is 17.0 Å². The van der Waals surface area contributed by atoms with Crippen LogP contribution in [0.25, 0.3) is 11.0 Å². The van der Waals surface area contributed by atoms with Gasteiger partial charge in [0.05, 0.1) is 30.6 Å². The van der Waals surface area contributed by atoms with E-state index in [-0.39, 0.29) is 18.7 Å². The van der Waals surface area contributed by atoms with Gasteiger partial charge in [0.2, 0.25) is 6.79 Å². The van der Waals surface area contributed by atoms with Gasteiger partial charge in [-0.1, -0.05) is 0 Å². The number of esters is 1. The van der Waals surface area contributed by atoms with Crippen LogP contribution in [0.3, 0.4) is 0 Å². The van der Waals surface area contributed by atoms with Crippen LogP contribution in [0.5, 0.6) is 11.5 Å². The average molecular weight is 317 g/mol. The number of aromatic amines is 1. The summed E-state index contributed by atoms with van der Waals surface area (Å²) in [5.74, 6) is 2.35. The number of aromatic nitrogens is 2. The minimum atomic E-state index is -0.0945. The van der Waals surface area contributed by atoms with E-state index in [1.807, 2.05) is 12.1 Å². The number of benzene rings is 1.